The third-order valence-corrected chi connectivity index (χ3v) is 4.30. The molecule has 7 nitrogen and oxygen atoms in total. The zero-order valence-corrected chi connectivity index (χ0v) is 17.7. The largest absolute Gasteiger partial charge is 0.490 e. The van der Waals surface area contributed by atoms with Crippen molar-refractivity contribution in [2.45, 2.75) is 13.1 Å². The van der Waals surface area contributed by atoms with Crippen molar-refractivity contribution in [2.24, 2.45) is 5.10 Å². The number of halogens is 4. The van der Waals surface area contributed by atoms with Gasteiger partial charge >= 0.3 is 12.1 Å². The molecular weight excluding hydrogens is 520 g/mol. The molecule has 0 fully saturated rings. The summed E-state index contributed by atoms with van der Waals surface area (Å²) in [5.41, 5.74) is 1.53. The fraction of sp³-hybridized carbons (Fsp3) is 0.211. The molecule has 0 bridgehead atoms. The molecule has 2 rings (SSSR count). The highest BCUT2D eigenvalue weighted by atomic mass is 127. The first kappa shape index (κ1) is 23.4. The van der Waals surface area contributed by atoms with Gasteiger partial charge in [-0.2, -0.15) is 18.3 Å². The molecule has 2 aromatic carbocycles. The number of hydrogen-bond donors (Lipinski definition) is 2. The molecule has 0 radical (unpaired) electrons. The molecular formula is C19H16F3IN2O5. The Morgan fingerprint density at radius 1 is 1.23 bits per heavy atom. The van der Waals surface area contributed by atoms with Gasteiger partial charge in [-0.05, 0) is 65.4 Å². The summed E-state index contributed by atoms with van der Waals surface area (Å²) in [6.07, 6.45) is -3.28. The minimum Gasteiger partial charge on any atom is -0.490 e. The molecule has 0 unspecified atom stereocenters. The minimum absolute atomic E-state index is 0.191. The van der Waals surface area contributed by atoms with Crippen molar-refractivity contribution in [1.82, 2.24) is 5.43 Å². The first-order chi connectivity index (χ1) is 14.1. The first-order valence-electron chi connectivity index (χ1n) is 8.43. The van der Waals surface area contributed by atoms with E-state index in [1.165, 1.54) is 18.3 Å². The second-order valence-electron chi connectivity index (χ2n) is 5.72. The van der Waals surface area contributed by atoms with E-state index in [1.54, 1.807) is 13.0 Å². The van der Waals surface area contributed by atoms with E-state index in [1.807, 2.05) is 22.6 Å². The molecule has 0 spiro atoms. The predicted octanol–water partition coefficient (Wildman–Crippen LogP) is 3.94. The van der Waals surface area contributed by atoms with E-state index in [2.05, 4.69) is 10.5 Å². The molecule has 11 heteroatoms. The van der Waals surface area contributed by atoms with Crippen LogP contribution in [-0.4, -0.2) is 36.4 Å². The Balaban J connectivity index is 2.15. The zero-order chi connectivity index (χ0) is 22.3. The van der Waals surface area contributed by atoms with Crippen LogP contribution in [0, 0.1) is 3.57 Å². The second kappa shape index (κ2) is 10.3. The number of nitrogens with zero attached hydrogens (tertiary/aromatic N) is 1. The number of carbonyl (C=O) groups is 2. The van der Waals surface area contributed by atoms with Crippen LogP contribution in [0.4, 0.5) is 13.2 Å². The molecule has 0 aliphatic carbocycles. The summed E-state index contributed by atoms with van der Waals surface area (Å²) in [4.78, 5) is 22.8. The smallest absolute Gasteiger partial charge is 0.416 e. The Labute approximate surface area is 183 Å². The molecule has 0 saturated heterocycles. The van der Waals surface area contributed by atoms with Gasteiger partial charge < -0.3 is 14.6 Å². The highest BCUT2D eigenvalue weighted by molar-refractivity contribution is 14.1. The highest BCUT2D eigenvalue weighted by Gasteiger charge is 2.30. The Morgan fingerprint density at radius 3 is 2.60 bits per heavy atom. The Bertz CT molecular complexity index is 964. The van der Waals surface area contributed by atoms with Crippen LogP contribution >= 0.6 is 22.6 Å². The normalized spacial score (nSPS) is 11.4. The lowest BCUT2D eigenvalue weighted by Crippen LogP contribution is -2.18. The summed E-state index contributed by atoms with van der Waals surface area (Å²) in [7, 11) is 0. The Morgan fingerprint density at radius 2 is 1.97 bits per heavy atom. The van der Waals surface area contributed by atoms with Crippen LogP contribution in [0.2, 0.25) is 0 Å². The standard InChI is InChI=1S/C19H16F3IN2O5/c1-2-29-15-7-11(6-14(23)17(15)30-10-16(26)27)9-24-25-18(28)12-4-3-5-13(8-12)19(20,21)22/h3-9H,2,10H2,1H3,(H,25,28)(H,26,27)/b24-9+. The Kier molecular flexibility index (Phi) is 8.03. The van der Waals surface area contributed by atoms with E-state index in [-0.39, 0.29) is 17.1 Å². The molecule has 0 aromatic heterocycles. The number of aliphatic carboxylic acids is 1. The number of nitrogens with one attached hydrogen (secondary N) is 1. The van der Waals surface area contributed by atoms with Crippen molar-refractivity contribution in [2.75, 3.05) is 13.2 Å². The Hall–Kier alpha value is -2.83. The number of ether oxygens (including phenoxy) is 2. The van der Waals surface area contributed by atoms with E-state index in [9.17, 15) is 22.8 Å². The number of carbonyl (C=O) groups excluding carboxylic acids is 1. The number of alkyl halides is 3. The van der Waals surface area contributed by atoms with Gasteiger partial charge in [-0.25, -0.2) is 10.2 Å². The molecule has 1 amide bonds. The van der Waals surface area contributed by atoms with Crippen LogP contribution in [0.3, 0.4) is 0 Å². The molecule has 160 valence electrons. The number of hydrazone groups is 1. The van der Waals surface area contributed by atoms with Crippen molar-refractivity contribution >= 4 is 40.7 Å². The maximum atomic E-state index is 12.8. The number of amides is 1. The van der Waals surface area contributed by atoms with Gasteiger partial charge in [0.2, 0.25) is 0 Å². The van der Waals surface area contributed by atoms with E-state index >= 15 is 0 Å². The SMILES string of the molecule is CCOc1cc(/C=N/NC(=O)c2cccc(C(F)(F)F)c2)cc(I)c1OCC(=O)O. The van der Waals surface area contributed by atoms with Crippen LogP contribution in [0.1, 0.15) is 28.4 Å². The van der Waals surface area contributed by atoms with Gasteiger partial charge in [0.1, 0.15) is 0 Å². The lowest BCUT2D eigenvalue weighted by molar-refractivity contribution is -0.139. The van der Waals surface area contributed by atoms with Crippen molar-refractivity contribution in [1.29, 1.82) is 0 Å². The third-order valence-electron chi connectivity index (χ3n) is 3.50. The van der Waals surface area contributed by atoms with Gasteiger partial charge in [0.25, 0.3) is 5.91 Å². The lowest BCUT2D eigenvalue weighted by Gasteiger charge is -2.13. The van der Waals surface area contributed by atoms with Gasteiger partial charge in [-0.1, -0.05) is 6.07 Å². The summed E-state index contributed by atoms with van der Waals surface area (Å²) in [5.74, 6) is -1.41. The molecule has 0 saturated carbocycles. The summed E-state index contributed by atoms with van der Waals surface area (Å²) in [6, 6.07) is 7.11. The average Bonchev–Trinajstić information content (AvgIpc) is 2.66. The fourth-order valence-corrected chi connectivity index (χ4v) is 3.05. The van der Waals surface area contributed by atoms with Gasteiger partial charge in [-0.3, -0.25) is 4.79 Å². The quantitative estimate of drug-likeness (QED) is 0.303. The van der Waals surface area contributed by atoms with Crippen LogP contribution in [0.15, 0.2) is 41.5 Å². The molecule has 2 N–H and O–H groups in total. The molecule has 0 aliphatic heterocycles. The van der Waals surface area contributed by atoms with E-state index in [0.717, 1.165) is 18.2 Å². The van der Waals surface area contributed by atoms with Crippen LogP contribution in [-0.2, 0) is 11.0 Å². The topological polar surface area (TPSA) is 97.2 Å². The lowest BCUT2D eigenvalue weighted by atomic mass is 10.1. The van der Waals surface area contributed by atoms with Gasteiger partial charge in [0.15, 0.2) is 18.1 Å². The van der Waals surface area contributed by atoms with Crippen molar-refractivity contribution in [3.8, 4) is 11.5 Å². The van der Waals surface area contributed by atoms with E-state index < -0.39 is 30.2 Å². The zero-order valence-electron chi connectivity index (χ0n) is 15.5. The number of benzene rings is 2. The third kappa shape index (κ3) is 6.61. The average molecular weight is 536 g/mol. The molecule has 2 aromatic rings. The van der Waals surface area contributed by atoms with E-state index in [0.29, 0.717) is 15.7 Å². The summed E-state index contributed by atoms with van der Waals surface area (Å²) in [6.45, 7) is 1.49. The highest BCUT2D eigenvalue weighted by Crippen LogP contribution is 2.34. The van der Waals surface area contributed by atoms with Gasteiger partial charge in [0.05, 0.1) is 22.0 Å². The second-order valence-corrected chi connectivity index (χ2v) is 6.89. The molecule has 0 atom stereocenters. The number of carboxylic acids is 1. The van der Waals surface area contributed by atoms with Crippen molar-refractivity contribution in [3.05, 3.63) is 56.7 Å². The van der Waals surface area contributed by atoms with E-state index in [4.69, 9.17) is 14.6 Å². The molecule has 0 aliphatic rings. The maximum Gasteiger partial charge on any atom is 0.416 e. The predicted molar refractivity (Wildman–Crippen MR) is 110 cm³/mol. The molecule has 30 heavy (non-hydrogen) atoms. The van der Waals surface area contributed by atoms with Crippen LogP contribution in [0.25, 0.3) is 0 Å². The first-order valence-corrected chi connectivity index (χ1v) is 9.51. The summed E-state index contributed by atoms with van der Waals surface area (Å²) >= 11 is 1.93. The van der Waals surface area contributed by atoms with Gasteiger partial charge in [0, 0.05) is 5.56 Å². The summed E-state index contributed by atoms with van der Waals surface area (Å²) < 4.78 is 49.5. The minimum atomic E-state index is -4.56. The maximum absolute atomic E-state index is 12.8. The van der Waals surface area contributed by atoms with Crippen LogP contribution < -0.4 is 14.9 Å². The van der Waals surface area contributed by atoms with Crippen molar-refractivity contribution in [3.63, 3.8) is 0 Å². The number of rotatable bonds is 8. The fourth-order valence-electron chi connectivity index (χ4n) is 2.27. The monoisotopic (exact) mass is 536 g/mol. The number of hydrogen-bond acceptors (Lipinski definition) is 5. The van der Waals surface area contributed by atoms with Gasteiger partial charge in [-0.15, -0.1) is 0 Å². The summed E-state index contributed by atoms with van der Waals surface area (Å²) in [5, 5.41) is 12.5. The van der Waals surface area contributed by atoms with Crippen molar-refractivity contribution < 1.29 is 37.3 Å². The molecule has 0 heterocycles. The van der Waals surface area contributed by atoms with Crippen LogP contribution in [0.5, 0.6) is 11.5 Å². The number of carboxylic acid groups (broad SMARTS) is 1.